The smallest absolute Gasteiger partial charge is 0.000106 e. The monoisotopic (exact) mass is 650 g/mol. The third-order valence-electron chi connectivity index (χ3n) is 11.4. The van der Waals surface area contributed by atoms with Gasteiger partial charge in [-0.25, -0.2) is 0 Å². The first-order valence-corrected chi connectivity index (χ1v) is 18.8. The van der Waals surface area contributed by atoms with Crippen molar-refractivity contribution in [3.8, 4) is 22.3 Å². The molecule has 0 N–H and O–H groups in total. The molecule has 0 radical (unpaired) electrons. The van der Waals surface area contributed by atoms with Gasteiger partial charge in [0, 0.05) is 0 Å². The Balaban J connectivity index is 1.27. The predicted molar refractivity (Wildman–Crippen MR) is 221 cm³/mol. The van der Waals surface area contributed by atoms with Crippen molar-refractivity contribution in [3.63, 3.8) is 0 Å². The second-order valence-electron chi connectivity index (χ2n) is 16.3. The van der Waals surface area contributed by atoms with Gasteiger partial charge in [0.25, 0.3) is 0 Å². The number of allylic oxidation sites excluding steroid dienone is 4. The van der Waals surface area contributed by atoms with Crippen LogP contribution >= 0.6 is 0 Å². The summed E-state index contributed by atoms with van der Waals surface area (Å²) >= 11 is 0. The molecule has 2 aliphatic carbocycles. The first-order valence-electron chi connectivity index (χ1n) is 18.8. The molecule has 0 nitrogen and oxygen atoms in total. The molecule has 0 amide bonds. The third kappa shape index (κ3) is 5.54. The van der Waals surface area contributed by atoms with Gasteiger partial charge >= 0.3 is 0 Å². The topological polar surface area (TPSA) is 0 Å². The maximum absolute atomic E-state index is 2.49. The molecule has 1 atom stereocenters. The van der Waals surface area contributed by atoms with Crippen molar-refractivity contribution < 1.29 is 0 Å². The van der Waals surface area contributed by atoms with E-state index in [1.165, 1.54) is 99.1 Å². The van der Waals surface area contributed by atoms with Crippen LogP contribution in [0.2, 0.25) is 0 Å². The van der Waals surface area contributed by atoms with Crippen molar-refractivity contribution in [1.82, 2.24) is 0 Å². The van der Waals surface area contributed by atoms with Crippen LogP contribution in [0.15, 0.2) is 103 Å². The fourth-order valence-corrected chi connectivity index (χ4v) is 8.20. The summed E-state index contributed by atoms with van der Waals surface area (Å²) in [7, 11) is 0. The average Bonchev–Trinajstić information content (AvgIpc) is 3.41. The number of rotatable bonds is 5. The first kappa shape index (κ1) is 32.5. The fraction of sp³-hybridized carbons (Fsp3) is 0.280. The van der Waals surface area contributed by atoms with E-state index in [0.717, 1.165) is 0 Å². The van der Waals surface area contributed by atoms with Crippen LogP contribution in [0, 0.1) is 11.8 Å². The van der Waals surface area contributed by atoms with Crippen molar-refractivity contribution in [2.45, 2.75) is 80.1 Å². The summed E-state index contributed by atoms with van der Waals surface area (Å²) in [5, 5.41) is 8.05. The second-order valence-corrected chi connectivity index (χ2v) is 16.3. The molecule has 2 aliphatic rings. The summed E-state index contributed by atoms with van der Waals surface area (Å²) in [6.07, 6.45) is 9.56. The first-order chi connectivity index (χ1) is 23.9. The Kier molecular flexibility index (Phi) is 7.98. The molecule has 0 spiro atoms. The van der Waals surface area contributed by atoms with E-state index in [-0.39, 0.29) is 5.92 Å². The highest BCUT2D eigenvalue weighted by molar-refractivity contribution is 6.20. The van der Waals surface area contributed by atoms with Crippen LogP contribution in [0.1, 0.15) is 113 Å². The third-order valence-corrected chi connectivity index (χ3v) is 11.4. The van der Waals surface area contributed by atoms with Gasteiger partial charge in [0.2, 0.25) is 0 Å². The highest BCUT2D eigenvalue weighted by Gasteiger charge is 2.25. The van der Waals surface area contributed by atoms with Crippen molar-refractivity contribution in [2.24, 2.45) is 11.8 Å². The maximum atomic E-state index is 2.49. The van der Waals surface area contributed by atoms with E-state index in [0.29, 0.717) is 23.7 Å². The van der Waals surface area contributed by atoms with Gasteiger partial charge in [-0.1, -0.05) is 147 Å². The Labute approximate surface area is 299 Å². The molecule has 1 unspecified atom stereocenters. The molecule has 50 heavy (non-hydrogen) atoms. The Bertz CT molecular complexity index is 2430. The van der Waals surface area contributed by atoms with Crippen LogP contribution < -0.4 is 0 Å². The number of hydrogen-bond donors (Lipinski definition) is 0. The SMILES string of the molecule is CC(C)C1=Cc2cc(cc(C(C)C)c2)C(=Cc2ccc3c(ccc4cc5c(cc43)-c3cc(C(C)C)cc4cc(C(C)C)cc-5c34)c2)C(C)C=C1. The van der Waals surface area contributed by atoms with E-state index < -0.39 is 0 Å². The van der Waals surface area contributed by atoms with Gasteiger partial charge in [0.15, 0.2) is 0 Å². The fourth-order valence-electron chi connectivity index (χ4n) is 8.20. The minimum atomic E-state index is 0.289. The van der Waals surface area contributed by atoms with Crippen molar-refractivity contribution in [3.05, 3.63) is 136 Å². The van der Waals surface area contributed by atoms with Gasteiger partial charge < -0.3 is 0 Å². The number of benzene rings is 6. The molecule has 2 bridgehead atoms. The normalized spacial score (nSPS) is 16.3. The minimum absolute atomic E-state index is 0.289. The summed E-state index contributed by atoms with van der Waals surface area (Å²) < 4.78 is 0. The van der Waals surface area contributed by atoms with Gasteiger partial charge in [-0.05, 0) is 153 Å². The van der Waals surface area contributed by atoms with E-state index in [1.54, 1.807) is 0 Å². The molecule has 0 saturated carbocycles. The van der Waals surface area contributed by atoms with Crippen LogP contribution in [0.5, 0.6) is 0 Å². The van der Waals surface area contributed by atoms with Crippen LogP contribution in [0.25, 0.3) is 72.3 Å². The maximum Gasteiger partial charge on any atom is -0.000106 e. The molecule has 0 heterocycles. The summed E-state index contributed by atoms with van der Waals surface area (Å²) in [6, 6.07) is 33.7. The Morgan fingerprint density at radius 2 is 1.14 bits per heavy atom. The molecule has 6 aromatic carbocycles. The van der Waals surface area contributed by atoms with Gasteiger partial charge in [0.05, 0.1) is 0 Å². The molecule has 6 aromatic rings. The lowest BCUT2D eigenvalue weighted by Gasteiger charge is -2.17. The van der Waals surface area contributed by atoms with E-state index in [2.05, 4.69) is 172 Å². The second kappa shape index (κ2) is 12.3. The molecule has 8 rings (SSSR count). The molecular formula is C50H50. The zero-order valence-electron chi connectivity index (χ0n) is 31.3. The van der Waals surface area contributed by atoms with Crippen molar-refractivity contribution in [1.29, 1.82) is 0 Å². The summed E-state index contributed by atoms with van der Waals surface area (Å²) in [4.78, 5) is 0. The van der Waals surface area contributed by atoms with Crippen LogP contribution in [0.4, 0.5) is 0 Å². The zero-order chi connectivity index (χ0) is 35.0. The molecule has 0 saturated heterocycles. The average molecular weight is 651 g/mol. The van der Waals surface area contributed by atoms with E-state index in [4.69, 9.17) is 0 Å². The highest BCUT2D eigenvalue weighted by Crippen LogP contribution is 2.51. The van der Waals surface area contributed by atoms with E-state index >= 15 is 0 Å². The quantitative estimate of drug-likeness (QED) is 0.163. The molecular weight excluding hydrogens is 601 g/mol. The molecule has 0 aliphatic heterocycles. The Morgan fingerprint density at radius 1 is 0.520 bits per heavy atom. The number of fused-ring (bicyclic) bond motifs is 8. The van der Waals surface area contributed by atoms with Crippen molar-refractivity contribution >= 4 is 50.0 Å². The van der Waals surface area contributed by atoms with Gasteiger partial charge in [-0.2, -0.15) is 0 Å². The summed E-state index contributed by atoms with van der Waals surface area (Å²) in [5.41, 5.74) is 16.4. The lowest BCUT2D eigenvalue weighted by Crippen LogP contribution is -1.98. The number of hydrogen-bond acceptors (Lipinski definition) is 0. The molecule has 0 fully saturated rings. The molecule has 0 aromatic heterocycles. The van der Waals surface area contributed by atoms with Gasteiger partial charge in [-0.15, -0.1) is 0 Å². The standard InChI is InChI=1S/C50H50/c1-28(2)35-12-10-32(9)44(41-19-34(17-35)18-38(21-41)29(3)4)20-33-11-15-43-36(16-33)13-14-37-24-46-47(27-45(37)43)49-26-40(31(7)8)23-42-22-39(30(5)6)25-48(46)50(42)49/h10-32H,1-9H3. The lowest BCUT2D eigenvalue weighted by molar-refractivity contribution is 0.794. The Hall–Kier alpha value is -4.68. The summed E-state index contributed by atoms with van der Waals surface area (Å²) in [6.45, 7) is 20.8. The molecule has 0 heteroatoms. The lowest BCUT2D eigenvalue weighted by atomic mass is 9.88. The van der Waals surface area contributed by atoms with Crippen LogP contribution in [-0.4, -0.2) is 0 Å². The van der Waals surface area contributed by atoms with E-state index in [9.17, 15) is 0 Å². The van der Waals surface area contributed by atoms with Crippen LogP contribution in [-0.2, 0) is 0 Å². The Morgan fingerprint density at radius 3 is 1.78 bits per heavy atom. The van der Waals surface area contributed by atoms with Gasteiger partial charge in [0.1, 0.15) is 0 Å². The van der Waals surface area contributed by atoms with Crippen LogP contribution in [0.3, 0.4) is 0 Å². The largest absolute Gasteiger partial charge is 0.0770 e. The predicted octanol–water partition coefficient (Wildman–Crippen LogP) is 14.9. The highest BCUT2D eigenvalue weighted by atomic mass is 14.3. The summed E-state index contributed by atoms with van der Waals surface area (Å²) in [5.74, 6) is 2.20. The van der Waals surface area contributed by atoms with E-state index in [1.807, 2.05) is 0 Å². The molecule has 250 valence electrons. The zero-order valence-corrected chi connectivity index (χ0v) is 31.3. The minimum Gasteiger partial charge on any atom is -0.0770 e. The van der Waals surface area contributed by atoms with Gasteiger partial charge in [-0.3, -0.25) is 0 Å². The van der Waals surface area contributed by atoms with Crippen molar-refractivity contribution in [2.75, 3.05) is 0 Å².